The van der Waals surface area contributed by atoms with Crippen LogP contribution < -0.4 is 0 Å². The number of esters is 1. The molecule has 0 bridgehead atoms. The molecule has 0 aliphatic heterocycles. The molecule has 0 aliphatic rings. The molecular formula is C14H27NO4. The number of carbonyl (C=O) groups is 2. The monoisotopic (exact) mass is 273 g/mol. The summed E-state index contributed by atoms with van der Waals surface area (Å²) < 4.78 is 10.0. The molecule has 1 unspecified atom stereocenters. The van der Waals surface area contributed by atoms with E-state index in [-0.39, 0.29) is 24.5 Å². The summed E-state index contributed by atoms with van der Waals surface area (Å²) in [5.74, 6) is -0.284. The van der Waals surface area contributed by atoms with Gasteiger partial charge < -0.3 is 9.47 Å². The minimum Gasteiger partial charge on any atom is -0.466 e. The fourth-order valence-corrected chi connectivity index (χ4v) is 1.99. The molecule has 1 atom stereocenters. The van der Waals surface area contributed by atoms with Crippen LogP contribution in [0.15, 0.2) is 0 Å². The third-order valence-corrected chi connectivity index (χ3v) is 2.73. The van der Waals surface area contributed by atoms with Crippen molar-refractivity contribution in [3.63, 3.8) is 0 Å². The first-order valence-electron chi connectivity index (χ1n) is 6.89. The summed E-state index contributed by atoms with van der Waals surface area (Å²) in [5, 5.41) is 0. The van der Waals surface area contributed by atoms with Crippen LogP contribution in [0, 0.1) is 0 Å². The first-order valence-corrected chi connectivity index (χ1v) is 6.89. The van der Waals surface area contributed by atoms with E-state index in [2.05, 4.69) is 0 Å². The first kappa shape index (κ1) is 17.7. The molecule has 0 saturated carbocycles. The van der Waals surface area contributed by atoms with Crippen LogP contribution >= 0.6 is 0 Å². The summed E-state index contributed by atoms with van der Waals surface area (Å²) in [6.45, 7) is 11.9. The van der Waals surface area contributed by atoms with Gasteiger partial charge in [0.15, 0.2) is 0 Å². The summed E-state index contributed by atoms with van der Waals surface area (Å²) in [6, 6.07) is -0.210. The Morgan fingerprint density at radius 2 is 1.58 bits per heavy atom. The molecule has 1 amide bonds. The quantitative estimate of drug-likeness (QED) is 0.698. The summed E-state index contributed by atoms with van der Waals surface area (Å²) in [5.41, 5.74) is -0.403. The Balaban J connectivity index is 4.98. The van der Waals surface area contributed by atoms with E-state index in [0.717, 1.165) is 0 Å². The van der Waals surface area contributed by atoms with Gasteiger partial charge >= 0.3 is 12.1 Å². The van der Waals surface area contributed by atoms with Crippen molar-refractivity contribution in [2.45, 2.75) is 66.0 Å². The highest BCUT2D eigenvalue weighted by atomic mass is 16.6. The van der Waals surface area contributed by atoms with Crippen LogP contribution in [0.5, 0.6) is 0 Å². The Bertz CT molecular complexity index is 296. The number of ether oxygens (including phenoxy) is 2. The van der Waals surface area contributed by atoms with E-state index in [9.17, 15) is 9.59 Å². The highest BCUT2D eigenvalue weighted by Crippen LogP contribution is 2.22. The minimum atomic E-state index is -0.403. The molecule has 112 valence electrons. The van der Waals surface area contributed by atoms with Crippen molar-refractivity contribution in [1.82, 2.24) is 4.90 Å². The summed E-state index contributed by atoms with van der Waals surface area (Å²) in [4.78, 5) is 25.3. The highest BCUT2D eigenvalue weighted by molar-refractivity contribution is 5.73. The van der Waals surface area contributed by atoms with Gasteiger partial charge in [0.2, 0.25) is 0 Å². The molecule has 5 heteroatoms. The fourth-order valence-electron chi connectivity index (χ4n) is 1.99. The largest absolute Gasteiger partial charge is 0.466 e. The van der Waals surface area contributed by atoms with Gasteiger partial charge in [-0.3, -0.25) is 9.69 Å². The zero-order valence-electron chi connectivity index (χ0n) is 13.0. The smallest absolute Gasteiger partial charge is 0.410 e. The van der Waals surface area contributed by atoms with E-state index in [1.807, 2.05) is 27.7 Å². The number of hydrogen-bond donors (Lipinski definition) is 0. The highest BCUT2D eigenvalue weighted by Gasteiger charge is 2.34. The lowest BCUT2D eigenvalue weighted by molar-refractivity contribution is -0.144. The van der Waals surface area contributed by atoms with Crippen molar-refractivity contribution in [2.24, 2.45) is 0 Å². The topological polar surface area (TPSA) is 55.8 Å². The van der Waals surface area contributed by atoms with Gasteiger partial charge in [0.1, 0.15) is 0 Å². The van der Waals surface area contributed by atoms with Crippen molar-refractivity contribution in [3.8, 4) is 0 Å². The Morgan fingerprint density at radius 1 is 1.05 bits per heavy atom. The van der Waals surface area contributed by atoms with Crippen LogP contribution in [-0.4, -0.2) is 41.8 Å². The molecule has 0 spiro atoms. The summed E-state index contributed by atoms with van der Waals surface area (Å²) in [6.07, 6.45) is 0.487. The number of amides is 1. The van der Waals surface area contributed by atoms with Gasteiger partial charge in [0.05, 0.1) is 19.6 Å². The second-order valence-corrected chi connectivity index (χ2v) is 5.31. The van der Waals surface area contributed by atoms with Crippen molar-refractivity contribution in [1.29, 1.82) is 0 Å². The molecule has 5 nitrogen and oxygen atoms in total. The van der Waals surface area contributed by atoms with Crippen LogP contribution in [0.3, 0.4) is 0 Å². The Morgan fingerprint density at radius 3 is 1.95 bits per heavy atom. The van der Waals surface area contributed by atoms with E-state index < -0.39 is 5.54 Å². The van der Waals surface area contributed by atoms with Gasteiger partial charge in [-0.2, -0.15) is 0 Å². The van der Waals surface area contributed by atoms with E-state index >= 15 is 0 Å². The molecule has 0 aromatic heterocycles. The average molecular weight is 273 g/mol. The molecule has 0 heterocycles. The number of rotatable bonds is 6. The van der Waals surface area contributed by atoms with E-state index in [1.54, 1.807) is 18.7 Å². The van der Waals surface area contributed by atoms with Crippen molar-refractivity contribution in [3.05, 3.63) is 0 Å². The lowest BCUT2D eigenvalue weighted by atomic mass is 10.00. The second-order valence-electron chi connectivity index (χ2n) is 5.31. The maximum Gasteiger partial charge on any atom is 0.410 e. The third-order valence-electron chi connectivity index (χ3n) is 2.73. The number of hydrogen-bond acceptors (Lipinski definition) is 4. The van der Waals surface area contributed by atoms with Crippen LogP contribution in [0.2, 0.25) is 0 Å². The maximum absolute atomic E-state index is 12.1. The first-order chi connectivity index (χ1) is 8.77. The Hall–Kier alpha value is -1.26. The molecule has 0 aromatic carbocycles. The van der Waals surface area contributed by atoms with Gasteiger partial charge in [0.25, 0.3) is 0 Å². The molecule has 0 N–H and O–H groups in total. The maximum atomic E-state index is 12.1. The van der Waals surface area contributed by atoms with Crippen LogP contribution in [0.1, 0.15) is 54.4 Å². The average Bonchev–Trinajstić information content (AvgIpc) is 2.26. The van der Waals surface area contributed by atoms with Gasteiger partial charge in [-0.25, -0.2) is 4.79 Å². The van der Waals surface area contributed by atoms with Gasteiger partial charge in [0, 0.05) is 11.6 Å². The normalized spacial score (nSPS) is 12.7. The lowest BCUT2D eigenvalue weighted by Crippen LogP contribution is -2.52. The van der Waals surface area contributed by atoms with E-state index in [4.69, 9.17) is 9.47 Å². The van der Waals surface area contributed by atoms with Crippen LogP contribution in [0.25, 0.3) is 0 Å². The van der Waals surface area contributed by atoms with Gasteiger partial charge in [-0.15, -0.1) is 0 Å². The molecule has 0 aromatic rings. The van der Waals surface area contributed by atoms with Crippen LogP contribution in [0.4, 0.5) is 4.79 Å². The SMILES string of the molecule is CCOC(=O)CC(CC)N(C(=O)OCC)C(C)(C)C. The molecule has 0 radical (unpaired) electrons. The van der Waals surface area contributed by atoms with E-state index in [0.29, 0.717) is 19.6 Å². The number of nitrogens with zero attached hydrogens (tertiary/aromatic N) is 1. The van der Waals surface area contributed by atoms with Gasteiger partial charge in [-0.1, -0.05) is 6.92 Å². The Labute approximate surface area is 116 Å². The van der Waals surface area contributed by atoms with Crippen molar-refractivity contribution in [2.75, 3.05) is 13.2 Å². The molecular weight excluding hydrogens is 246 g/mol. The lowest BCUT2D eigenvalue weighted by Gasteiger charge is -2.40. The molecule has 0 aliphatic carbocycles. The molecule has 0 fully saturated rings. The standard InChI is InChI=1S/C14H27NO4/c1-7-11(10-12(16)18-8-2)15(14(4,5)6)13(17)19-9-3/h11H,7-10H2,1-6H3. The zero-order chi connectivity index (χ0) is 15.1. The summed E-state index contributed by atoms with van der Waals surface area (Å²) >= 11 is 0. The molecule has 0 saturated heterocycles. The number of carbonyl (C=O) groups excluding carboxylic acids is 2. The van der Waals surface area contributed by atoms with Crippen LogP contribution in [-0.2, 0) is 14.3 Å². The second kappa shape index (κ2) is 8.02. The minimum absolute atomic E-state index is 0.195. The predicted octanol–water partition coefficient (Wildman–Crippen LogP) is 2.98. The summed E-state index contributed by atoms with van der Waals surface area (Å²) in [7, 11) is 0. The van der Waals surface area contributed by atoms with Crippen molar-refractivity contribution >= 4 is 12.1 Å². The fraction of sp³-hybridized carbons (Fsp3) is 0.857. The molecule has 19 heavy (non-hydrogen) atoms. The van der Waals surface area contributed by atoms with Gasteiger partial charge in [-0.05, 0) is 41.0 Å². The van der Waals surface area contributed by atoms with Crippen molar-refractivity contribution < 1.29 is 19.1 Å². The third kappa shape index (κ3) is 5.94. The molecule has 0 rings (SSSR count). The van der Waals surface area contributed by atoms with E-state index in [1.165, 1.54) is 0 Å². The zero-order valence-corrected chi connectivity index (χ0v) is 13.0. The Kier molecular flexibility index (Phi) is 7.49. The predicted molar refractivity (Wildman–Crippen MR) is 73.9 cm³/mol.